The van der Waals surface area contributed by atoms with Gasteiger partial charge in [-0.3, -0.25) is 0 Å². The molecule has 23 heavy (non-hydrogen) atoms. The highest BCUT2D eigenvalue weighted by Crippen LogP contribution is 2.18. The maximum Gasteiger partial charge on any atom is 0.0496 e. The van der Waals surface area contributed by atoms with E-state index in [4.69, 9.17) is 0 Å². The molecule has 0 aliphatic heterocycles. The Hall–Kier alpha value is 0.868. The summed E-state index contributed by atoms with van der Waals surface area (Å²) in [5.41, 5.74) is 3.27. The molecule has 4 heteroatoms. The summed E-state index contributed by atoms with van der Waals surface area (Å²) in [6.07, 6.45) is 0. The van der Waals surface area contributed by atoms with Gasteiger partial charge in [0.2, 0.25) is 0 Å². The molecule has 0 aliphatic rings. The third kappa shape index (κ3) is 31.2. The van der Waals surface area contributed by atoms with Gasteiger partial charge in [0.1, 0.15) is 0 Å². The smallest absolute Gasteiger partial charge is 0.0496 e. The fraction of sp³-hybridized carbons (Fsp3) is 1.00. The molecule has 154 valence electrons. The van der Waals surface area contributed by atoms with Gasteiger partial charge < -0.3 is 0 Å². The Balaban J connectivity index is -0.0000000260. The maximum absolute atomic E-state index is 2.55. The lowest BCUT2D eigenvalue weighted by Crippen LogP contribution is -2.30. The van der Waals surface area contributed by atoms with E-state index in [0.29, 0.717) is 0 Å². The molecule has 0 unspecified atom stereocenters. The van der Waals surface area contributed by atoms with Crippen LogP contribution in [0.3, 0.4) is 0 Å². The SMILES string of the molecule is C.C.C.C.C.C.CC[Si](C)(CC)CC.C[SiH](C)C[Si](C)(C)C[SiH3]. The van der Waals surface area contributed by atoms with Crippen molar-refractivity contribution >= 4 is 35.2 Å². The largest absolute Gasteiger partial charge is 0.0776 e. The van der Waals surface area contributed by atoms with Crippen molar-refractivity contribution in [2.75, 3.05) is 0 Å². The van der Waals surface area contributed by atoms with Crippen LogP contribution < -0.4 is 0 Å². The zero-order chi connectivity index (χ0) is 14.1. The maximum atomic E-state index is 2.55. The minimum atomic E-state index is -0.671. The van der Waals surface area contributed by atoms with Crippen molar-refractivity contribution in [2.24, 2.45) is 0 Å². The Morgan fingerprint density at radius 2 is 0.957 bits per heavy atom. The van der Waals surface area contributed by atoms with Crippen LogP contribution in [0.1, 0.15) is 65.3 Å². The molecular formula is C19H62Si4. The third-order valence-electron chi connectivity index (χ3n) is 4.48. The number of hydrogen-bond donors (Lipinski definition) is 0. The lowest BCUT2D eigenvalue weighted by molar-refractivity contribution is 1.18. The summed E-state index contributed by atoms with van der Waals surface area (Å²) >= 11 is 0. The first-order valence-corrected chi connectivity index (χ1v) is 18.7. The van der Waals surface area contributed by atoms with Gasteiger partial charge in [-0.2, -0.15) is 0 Å². The Labute approximate surface area is 162 Å². The zero-order valence-electron chi connectivity index (χ0n) is 14.1. The van der Waals surface area contributed by atoms with Crippen LogP contribution in [-0.4, -0.2) is 35.2 Å². The van der Waals surface area contributed by atoms with Crippen molar-refractivity contribution in [1.82, 2.24) is 0 Å². The molecule has 0 aromatic rings. The molecule has 0 rings (SSSR count). The molecule has 0 amide bonds. The summed E-state index contributed by atoms with van der Waals surface area (Å²) in [5.74, 6) is 0. The van der Waals surface area contributed by atoms with E-state index >= 15 is 0 Å². The van der Waals surface area contributed by atoms with Crippen molar-refractivity contribution in [2.45, 2.75) is 128 Å². The predicted octanol–water partition coefficient (Wildman–Crippen LogP) is 7.98. The lowest BCUT2D eigenvalue weighted by atomic mass is 10.9. The standard InChI is InChI=1S/C7H18Si.C6H20Si3.6CH4/c1-5-8(4,6-2)7-3;1-8(2)6-9(3,4)5-7;;;;;;/h5-7H2,1-4H3;8H,5-6H2,1-4,7H3;6*1H4. The molecule has 0 spiro atoms. The van der Waals surface area contributed by atoms with E-state index < -0.39 is 16.1 Å². The fourth-order valence-corrected chi connectivity index (χ4v) is 16.1. The van der Waals surface area contributed by atoms with Gasteiger partial charge in [-0.1, -0.05) is 128 Å². The van der Waals surface area contributed by atoms with Gasteiger partial charge in [0.15, 0.2) is 0 Å². The average molecular weight is 403 g/mol. The van der Waals surface area contributed by atoms with Gasteiger partial charge >= 0.3 is 0 Å². The van der Waals surface area contributed by atoms with Crippen molar-refractivity contribution in [3.05, 3.63) is 0 Å². The topological polar surface area (TPSA) is 0 Å². The van der Waals surface area contributed by atoms with Gasteiger partial charge in [0.25, 0.3) is 0 Å². The van der Waals surface area contributed by atoms with E-state index in [1.165, 1.54) is 28.4 Å². The molecule has 0 heterocycles. The van der Waals surface area contributed by atoms with Crippen LogP contribution in [0.4, 0.5) is 0 Å². The van der Waals surface area contributed by atoms with E-state index in [1.807, 2.05) is 0 Å². The van der Waals surface area contributed by atoms with Gasteiger partial charge in [-0.15, -0.1) is 0 Å². The summed E-state index contributed by atoms with van der Waals surface area (Å²) < 4.78 is 0. The van der Waals surface area contributed by atoms with Crippen LogP contribution in [0.15, 0.2) is 0 Å². The molecule has 0 aromatic carbocycles. The summed E-state index contributed by atoms with van der Waals surface area (Å²) in [7, 11) is -0.0806. The predicted molar refractivity (Wildman–Crippen MR) is 139 cm³/mol. The first kappa shape index (κ1) is 49.6. The van der Waals surface area contributed by atoms with E-state index in [1.54, 1.807) is 11.3 Å². The lowest BCUT2D eigenvalue weighted by Gasteiger charge is -2.21. The Morgan fingerprint density at radius 3 is 1.00 bits per heavy atom. The summed E-state index contributed by atoms with van der Waals surface area (Å²) in [5, 5.41) is 0. The molecule has 0 aromatic heterocycles. The van der Waals surface area contributed by atoms with Crippen molar-refractivity contribution < 1.29 is 0 Å². The monoisotopic (exact) mass is 402 g/mol. The first-order chi connectivity index (χ1) is 7.66. The van der Waals surface area contributed by atoms with Gasteiger partial charge in [0, 0.05) is 24.9 Å². The second-order valence-electron chi connectivity index (χ2n) is 6.99. The summed E-state index contributed by atoms with van der Waals surface area (Å²) in [6, 6.07) is 4.38. The molecule has 0 bridgehead atoms. The molecule has 0 fully saturated rings. The quantitative estimate of drug-likeness (QED) is 0.395. The van der Waals surface area contributed by atoms with E-state index in [0.717, 1.165) is 0 Å². The number of rotatable bonds is 6. The van der Waals surface area contributed by atoms with Gasteiger partial charge in [0.05, 0.1) is 0 Å². The third-order valence-corrected chi connectivity index (χ3v) is 24.9. The summed E-state index contributed by atoms with van der Waals surface area (Å²) in [4.78, 5) is 0. The van der Waals surface area contributed by atoms with E-state index in [-0.39, 0.29) is 53.4 Å². The van der Waals surface area contributed by atoms with Crippen LogP contribution in [0.2, 0.25) is 62.2 Å². The molecule has 0 aliphatic carbocycles. The normalized spacial score (nSPS) is 9.26. The van der Waals surface area contributed by atoms with Crippen molar-refractivity contribution in [1.29, 1.82) is 0 Å². The minimum Gasteiger partial charge on any atom is -0.0776 e. The molecular weight excluding hydrogens is 341 g/mol. The highest BCUT2D eigenvalue weighted by atomic mass is 28.4. The summed E-state index contributed by atoms with van der Waals surface area (Å²) in [6.45, 7) is 19.5. The van der Waals surface area contributed by atoms with Crippen LogP contribution >= 0.6 is 0 Å². The second-order valence-corrected chi connectivity index (χ2v) is 24.3. The molecule has 0 saturated heterocycles. The van der Waals surface area contributed by atoms with Gasteiger partial charge in [-0.05, 0) is 10.2 Å². The second kappa shape index (κ2) is 25.1. The zero-order valence-corrected chi connectivity index (χ0v) is 19.3. The Bertz CT molecular complexity index is 168. The Morgan fingerprint density at radius 1 is 0.696 bits per heavy atom. The van der Waals surface area contributed by atoms with Gasteiger partial charge in [-0.25, -0.2) is 0 Å². The van der Waals surface area contributed by atoms with Crippen LogP contribution in [0, 0.1) is 0 Å². The van der Waals surface area contributed by atoms with Crippen molar-refractivity contribution in [3.63, 3.8) is 0 Å². The highest BCUT2D eigenvalue weighted by Gasteiger charge is 2.19. The molecule has 0 radical (unpaired) electrons. The van der Waals surface area contributed by atoms with E-state index in [9.17, 15) is 0 Å². The minimum absolute atomic E-state index is 0. The van der Waals surface area contributed by atoms with Crippen LogP contribution in [0.25, 0.3) is 0 Å². The fourth-order valence-electron chi connectivity index (χ4n) is 2.00. The number of hydrogen-bond acceptors (Lipinski definition) is 0. The van der Waals surface area contributed by atoms with E-state index in [2.05, 4.69) is 53.5 Å². The molecule has 0 saturated carbocycles. The molecule has 0 atom stereocenters. The highest BCUT2D eigenvalue weighted by molar-refractivity contribution is 6.90. The Kier molecular flexibility index (Phi) is 54.1. The van der Waals surface area contributed by atoms with Crippen LogP contribution in [-0.2, 0) is 0 Å². The van der Waals surface area contributed by atoms with Crippen molar-refractivity contribution in [3.8, 4) is 0 Å². The molecule has 0 nitrogen and oxygen atoms in total. The van der Waals surface area contributed by atoms with Crippen LogP contribution in [0.5, 0.6) is 0 Å². The average Bonchev–Trinajstić information content (AvgIpc) is 2.27. The molecule has 0 N–H and O–H groups in total. The first-order valence-electron chi connectivity index (χ1n) is 7.66.